The van der Waals surface area contributed by atoms with Crippen molar-refractivity contribution in [2.75, 3.05) is 0 Å². The normalized spacial score (nSPS) is 2.29. The summed E-state index contributed by atoms with van der Waals surface area (Å²) in [5.74, 6) is 0. The van der Waals surface area contributed by atoms with E-state index in [0.717, 1.165) is 0 Å². The van der Waals surface area contributed by atoms with Crippen LogP contribution in [0.3, 0.4) is 0 Å². The fourth-order valence-electron chi connectivity index (χ4n) is 0. The van der Waals surface area contributed by atoms with Crippen LogP contribution >= 0.6 is 0 Å². The Labute approximate surface area is 38.6 Å². The third-order valence-corrected chi connectivity index (χ3v) is 0. The minimum atomic E-state index is 0. The summed E-state index contributed by atoms with van der Waals surface area (Å²) >= 11 is 0. The van der Waals surface area contributed by atoms with Crippen LogP contribution in [-0.4, -0.2) is 6.15 Å². The number of carbonyl (C=O) groups excluding carboxylic acids is 2. The fraction of sp³-hybridized carbons (Fsp3) is 0. The lowest BCUT2D eigenvalue weighted by atomic mass is 11.8. The van der Waals surface area contributed by atoms with Gasteiger partial charge in [-0.3, -0.25) is 5.53 Å². The zero-order valence-electron chi connectivity index (χ0n) is 3.33. The molecule has 6 nitrogen and oxygen atoms in total. The molecule has 40 valence electrons. The van der Waals surface area contributed by atoms with E-state index in [1.807, 2.05) is 0 Å². The molecule has 0 unspecified atom stereocenters. The molecule has 0 aliphatic rings. The molecule has 6 heteroatoms. The molecule has 0 saturated carbocycles. The standard InChI is InChI=1S/CO2.N2O.H3N/c2-1-3;1-2-3;/h;;1H3. The first-order valence-corrected chi connectivity index (χ1v) is 0.791. The topological polar surface area (TPSA) is 123 Å². The largest absolute Gasteiger partial charge is 0.373 e. The van der Waals surface area contributed by atoms with Gasteiger partial charge in [-0.25, -0.2) is 0 Å². The van der Waals surface area contributed by atoms with Crippen LogP contribution in [0, 0.1) is 4.91 Å². The molecule has 0 aromatic rings. The van der Waals surface area contributed by atoms with Crippen molar-refractivity contribution in [1.29, 1.82) is 0 Å². The minimum absolute atomic E-state index is 0. The Morgan fingerprint density at radius 2 is 1.43 bits per heavy atom. The molecule has 0 saturated heterocycles. The predicted molar refractivity (Wildman–Crippen MR) is 18.9 cm³/mol. The lowest BCUT2D eigenvalue weighted by Crippen LogP contribution is -1.22. The lowest BCUT2D eigenvalue weighted by molar-refractivity contribution is -0.191. The first kappa shape index (κ1) is 17.4. The lowest BCUT2D eigenvalue weighted by Gasteiger charge is -0.999. The van der Waals surface area contributed by atoms with Gasteiger partial charge in [0, 0.05) is 0 Å². The summed E-state index contributed by atoms with van der Waals surface area (Å²) in [6.07, 6.45) is 0.250. The maximum absolute atomic E-state index is 8.12. The second-order valence-corrected chi connectivity index (χ2v) is 0.165. The Hall–Kier alpha value is -1.35. The summed E-state index contributed by atoms with van der Waals surface area (Å²) in [5, 5.41) is 0. The van der Waals surface area contributed by atoms with Crippen LogP contribution in [0.2, 0.25) is 0 Å². The maximum atomic E-state index is 8.12. The van der Waals surface area contributed by atoms with Crippen molar-refractivity contribution in [3.05, 3.63) is 10.4 Å². The van der Waals surface area contributed by atoms with E-state index in [1.165, 1.54) is 4.97 Å². The molecule has 0 bridgehead atoms. The van der Waals surface area contributed by atoms with E-state index >= 15 is 0 Å². The summed E-state index contributed by atoms with van der Waals surface area (Å²) < 4.78 is 0. The highest BCUT2D eigenvalue weighted by atomic mass is 16.2. The molecular weight excluding hydrogens is 102 g/mol. The van der Waals surface area contributed by atoms with E-state index in [0.29, 0.717) is 0 Å². The van der Waals surface area contributed by atoms with E-state index < -0.39 is 0 Å². The van der Waals surface area contributed by atoms with Crippen molar-refractivity contribution in [3.8, 4) is 0 Å². The molecule has 0 aromatic carbocycles. The number of nitrogens with zero attached hydrogens (tertiary/aromatic N) is 2. The highest BCUT2D eigenvalue weighted by Crippen LogP contribution is 0.906. The van der Waals surface area contributed by atoms with E-state index in [-0.39, 0.29) is 12.3 Å². The van der Waals surface area contributed by atoms with Crippen molar-refractivity contribution in [3.63, 3.8) is 0 Å². The van der Waals surface area contributed by atoms with Gasteiger partial charge in [0.15, 0.2) is 4.91 Å². The van der Waals surface area contributed by atoms with Crippen LogP contribution in [0.1, 0.15) is 0 Å². The second kappa shape index (κ2) is 147. The van der Waals surface area contributed by atoms with Crippen LogP contribution in [0.15, 0.2) is 0 Å². The van der Waals surface area contributed by atoms with Crippen molar-refractivity contribution in [2.45, 2.75) is 0 Å². The van der Waals surface area contributed by atoms with Crippen LogP contribution in [0.25, 0.3) is 5.53 Å². The van der Waals surface area contributed by atoms with Crippen LogP contribution < -0.4 is 11.1 Å². The molecule has 0 fully saturated rings. The summed E-state index contributed by atoms with van der Waals surface area (Å²) in [4.78, 5) is 25.6. The summed E-state index contributed by atoms with van der Waals surface area (Å²) in [6, 6.07) is 0. The Bertz CT molecular complexity index is 64.2. The third kappa shape index (κ3) is 17.9. The molecule has 0 heterocycles. The average molecular weight is 105 g/mol. The van der Waals surface area contributed by atoms with Crippen LogP contribution in [-0.2, 0) is 9.59 Å². The first-order valence-electron chi connectivity index (χ1n) is 0.791. The first-order chi connectivity index (χ1) is 2.83. The van der Waals surface area contributed by atoms with E-state index in [9.17, 15) is 0 Å². The van der Waals surface area contributed by atoms with E-state index in [1.54, 1.807) is 0 Å². The molecule has 0 aliphatic carbocycles. The Morgan fingerprint density at radius 1 is 1.43 bits per heavy atom. The fourth-order valence-corrected chi connectivity index (χ4v) is 0. The van der Waals surface area contributed by atoms with E-state index in [4.69, 9.17) is 20.0 Å². The monoisotopic (exact) mass is 105 g/mol. The van der Waals surface area contributed by atoms with Gasteiger partial charge in [-0.2, -0.15) is 9.59 Å². The van der Waals surface area contributed by atoms with Crippen LogP contribution in [0.5, 0.6) is 0 Å². The molecule has 0 aliphatic heterocycles. The van der Waals surface area contributed by atoms with Crippen LogP contribution in [0.4, 0.5) is 0 Å². The Balaban J connectivity index is -0.0000000400. The quantitative estimate of drug-likeness (QED) is 0.327. The van der Waals surface area contributed by atoms with Crippen molar-refractivity contribution in [2.24, 2.45) is 0 Å². The Morgan fingerprint density at radius 3 is 1.43 bits per heavy atom. The molecule has 0 aromatic heterocycles. The van der Waals surface area contributed by atoms with E-state index in [2.05, 4.69) is 0 Å². The van der Waals surface area contributed by atoms with Gasteiger partial charge in [0.1, 0.15) is 4.97 Å². The molecular formula is CH3N3O3. The molecule has 0 spiro atoms. The number of hydrogen-bond acceptors (Lipinski definition) is 4. The average Bonchev–Trinajstić information content (AvgIpc) is 1.39. The highest BCUT2D eigenvalue weighted by Gasteiger charge is 1.13. The minimum Gasteiger partial charge on any atom is -0.344 e. The smallest absolute Gasteiger partial charge is 0.344 e. The zero-order valence-corrected chi connectivity index (χ0v) is 3.33. The number of rotatable bonds is 0. The predicted octanol–water partition coefficient (Wildman–Crippen LogP) is -0.580. The summed E-state index contributed by atoms with van der Waals surface area (Å²) in [5.41, 5.74) is 6.64. The molecule has 0 atom stereocenters. The second-order valence-electron chi connectivity index (χ2n) is 0.165. The van der Waals surface area contributed by atoms with Crippen molar-refractivity contribution in [1.82, 2.24) is 11.1 Å². The highest BCUT2D eigenvalue weighted by molar-refractivity contribution is 5.20. The Kier molecular flexibility index (Phi) is 364. The third-order valence-electron chi connectivity index (χ3n) is 0. The van der Waals surface area contributed by atoms with Gasteiger partial charge < -0.3 is 6.15 Å². The molecule has 0 rings (SSSR count). The molecule has 3 N–H and O–H groups in total. The molecule has 0 radical (unpaired) electrons. The van der Waals surface area contributed by atoms with Crippen molar-refractivity contribution < 1.29 is 9.59 Å². The SMILES string of the molecule is N.O=C=O.[N-]=[N+]=O. The van der Waals surface area contributed by atoms with Crippen molar-refractivity contribution >= 4 is 6.15 Å². The van der Waals surface area contributed by atoms with Gasteiger partial charge in [0.25, 0.3) is 0 Å². The van der Waals surface area contributed by atoms with Gasteiger partial charge in [-0.05, 0) is 0 Å². The zero-order chi connectivity index (χ0) is 5.41. The summed E-state index contributed by atoms with van der Waals surface area (Å²) in [7, 11) is 0. The van der Waals surface area contributed by atoms with Gasteiger partial charge in [0.2, 0.25) is 0 Å². The number of nitroso groups, excluding NO2 is 1. The van der Waals surface area contributed by atoms with Gasteiger partial charge in [-0.1, -0.05) is 0 Å². The maximum Gasteiger partial charge on any atom is 0.373 e. The van der Waals surface area contributed by atoms with Gasteiger partial charge >= 0.3 is 6.15 Å². The molecule has 7 heavy (non-hydrogen) atoms. The van der Waals surface area contributed by atoms with Gasteiger partial charge in [0.05, 0.1) is 0 Å². The van der Waals surface area contributed by atoms with Gasteiger partial charge in [-0.15, -0.1) is 0 Å². The number of hydrogen-bond donors (Lipinski definition) is 1. The summed E-state index contributed by atoms with van der Waals surface area (Å²) in [6.45, 7) is 0. The molecule has 0 amide bonds.